The predicted octanol–water partition coefficient (Wildman–Crippen LogP) is 3.78. The van der Waals surface area contributed by atoms with Crippen LogP contribution < -0.4 is 10.2 Å². The second-order valence-electron chi connectivity index (χ2n) is 7.04. The third kappa shape index (κ3) is 5.91. The van der Waals surface area contributed by atoms with Crippen molar-refractivity contribution < 1.29 is 4.79 Å². The summed E-state index contributed by atoms with van der Waals surface area (Å²) >= 11 is 0. The SMILES string of the molecule is CN(CCc1ccncc1)c1ccnc(C(=O)NCCC2=CCCCC2)c1. The Morgan fingerprint density at radius 3 is 2.78 bits per heavy atom. The maximum atomic E-state index is 12.4. The minimum absolute atomic E-state index is 0.101. The van der Waals surface area contributed by atoms with Gasteiger partial charge in [0.25, 0.3) is 5.91 Å². The summed E-state index contributed by atoms with van der Waals surface area (Å²) in [6.45, 7) is 1.54. The molecule has 1 amide bonds. The average molecular weight is 364 g/mol. The number of carbonyl (C=O) groups is 1. The summed E-state index contributed by atoms with van der Waals surface area (Å²) in [5, 5.41) is 3.00. The van der Waals surface area contributed by atoms with E-state index >= 15 is 0 Å². The van der Waals surface area contributed by atoms with Gasteiger partial charge in [0.15, 0.2) is 0 Å². The standard InChI is InChI=1S/C22H28N4O/c1-26(16-11-19-7-12-23-13-8-19)20-10-15-24-21(17-20)22(27)25-14-9-18-5-3-2-4-6-18/h5,7-8,10,12-13,15,17H,2-4,6,9,11,14,16H2,1H3,(H,25,27). The van der Waals surface area contributed by atoms with Gasteiger partial charge < -0.3 is 10.2 Å². The van der Waals surface area contributed by atoms with Crippen molar-refractivity contribution in [2.75, 3.05) is 25.0 Å². The van der Waals surface area contributed by atoms with Gasteiger partial charge in [-0.15, -0.1) is 0 Å². The molecule has 3 rings (SSSR count). The molecule has 0 aromatic carbocycles. The molecule has 1 aliphatic carbocycles. The van der Waals surface area contributed by atoms with Gasteiger partial charge in [0.2, 0.25) is 0 Å². The number of pyridine rings is 2. The molecule has 0 fully saturated rings. The number of hydrogen-bond acceptors (Lipinski definition) is 4. The molecule has 27 heavy (non-hydrogen) atoms. The monoisotopic (exact) mass is 364 g/mol. The smallest absolute Gasteiger partial charge is 0.269 e. The van der Waals surface area contributed by atoms with Crippen LogP contribution in [0.5, 0.6) is 0 Å². The topological polar surface area (TPSA) is 58.1 Å². The van der Waals surface area contributed by atoms with Gasteiger partial charge in [0.05, 0.1) is 0 Å². The van der Waals surface area contributed by atoms with Gasteiger partial charge in [-0.3, -0.25) is 14.8 Å². The van der Waals surface area contributed by atoms with Gasteiger partial charge in [-0.1, -0.05) is 11.6 Å². The van der Waals surface area contributed by atoms with Crippen LogP contribution in [0.1, 0.15) is 48.2 Å². The summed E-state index contributed by atoms with van der Waals surface area (Å²) in [4.78, 5) is 22.9. The zero-order valence-electron chi connectivity index (χ0n) is 16.0. The van der Waals surface area contributed by atoms with E-state index in [-0.39, 0.29) is 5.91 Å². The maximum absolute atomic E-state index is 12.4. The Hall–Kier alpha value is -2.69. The number of likely N-dealkylation sites (N-methyl/N-ethyl adjacent to an activating group) is 1. The van der Waals surface area contributed by atoms with Crippen LogP contribution in [0.25, 0.3) is 0 Å². The molecule has 0 radical (unpaired) electrons. The Bertz CT molecular complexity index is 773. The van der Waals surface area contributed by atoms with Gasteiger partial charge in [0, 0.05) is 44.4 Å². The molecule has 1 aliphatic rings. The van der Waals surface area contributed by atoms with E-state index in [4.69, 9.17) is 0 Å². The summed E-state index contributed by atoms with van der Waals surface area (Å²) in [5.74, 6) is -0.101. The Balaban J connectivity index is 1.51. The molecule has 1 N–H and O–H groups in total. The molecule has 2 heterocycles. The molecule has 0 bridgehead atoms. The molecule has 142 valence electrons. The lowest BCUT2D eigenvalue weighted by molar-refractivity contribution is 0.0949. The van der Waals surface area contributed by atoms with Crippen LogP contribution >= 0.6 is 0 Å². The Labute approximate surface area is 161 Å². The molecule has 5 heteroatoms. The highest BCUT2D eigenvalue weighted by molar-refractivity contribution is 5.93. The van der Waals surface area contributed by atoms with E-state index < -0.39 is 0 Å². The van der Waals surface area contributed by atoms with E-state index in [1.807, 2.05) is 43.7 Å². The summed E-state index contributed by atoms with van der Waals surface area (Å²) in [6, 6.07) is 7.86. The summed E-state index contributed by atoms with van der Waals surface area (Å²) in [7, 11) is 2.04. The van der Waals surface area contributed by atoms with E-state index in [0.29, 0.717) is 12.2 Å². The lowest BCUT2D eigenvalue weighted by Crippen LogP contribution is -2.26. The van der Waals surface area contributed by atoms with Crippen molar-refractivity contribution in [1.29, 1.82) is 0 Å². The van der Waals surface area contributed by atoms with Crippen LogP contribution in [0.15, 0.2) is 54.5 Å². The van der Waals surface area contributed by atoms with E-state index in [0.717, 1.165) is 25.1 Å². The fourth-order valence-electron chi connectivity index (χ4n) is 3.32. The Kier molecular flexibility index (Phi) is 6.97. The van der Waals surface area contributed by atoms with Crippen LogP contribution in [0.3, 0.4) is 0 Å². The third-order valence-electron chi connectivity index (χ3n) is 5.02. The summed E-state index contributed by atoms with van der Waals surface area (Å²) in [6.07, 6.45) is 14.4. The van der Waals surface area contributed by atoms with Crippen molar-refractivity contribution in [3.05, 3.63) is 65.8 Å². The number of amides is 1. The Morgan fingerprint density at radius 2 is 2.00 bits per heavy atom. The summed E-state index contributed by atoms with van der Waals surface area (Å²) < 4.78 is 0. The fourth-order valence-corrected chi connectivity index (χ4v) is 3.32. The molecule has 0 atom stereocenters. The zero-order valence-corrected chi connectivity index (χ0v) is 16.0. The van der Waals surface area contributed by atoms with Crippen molar-refractivity contribution in [2.45, 2.75) is 38.5 Å². The fraction of sp³-hybridized carbons (Fsp3) is 0.409. The number of nitrogens with zero attached hydrogens (tertiary/aromatic N) is 3. The highest BCUT2D eigenvalue weighted by Crippen LogP contribution is 2.19. The number of nitrogens with one attached hydrogen (secondary N) is 1. The minimum atomic E-state index is -0.101. The molecule has 0 spiro atoms. The van der Waals surface area contributed by atoms with Crippen LogP contribution in [0.4, 0.5) is 5.69 Å². The number of allylic oxidation sites excluding steroid dienone is 1. The van der Waals surface area contributed by atoms with E-state index in [1.54, 1.807) is 6.20 Å². The first-order chi connectivity index (χ1) is 13.2. The molecule has 0 aliphatic heterocycles. The zero-order chi connectivity index (χ0) is 18.9. The van der Waals surface area contributed by atoms with Crippen LogP contribution in [0.2, 0.25) is 0 Å². The molecule has 0 saturated heterocycles. The first-order valence-corrected chi connectivity index (χ1v) is 9.74. The van der Waals surface area contributed by atoms with Crippen molar-refractivity contribution in [1.82, 2.24) is 15.3 Å². The van der Waals surface area contributed by atoms with Crippen LogP contribution in [-0.2, 0) is 6.42 Å². The lowest BCUT2D eigenvalue weighted by atomic mass is 9.97. The van der Waals surface area contributed by atoms with Gasteiger partial charge >= 0.3 is 0 Å². The van der Waals surface area contributed by atoms with E-state index in [1.165, 1.54) is 36.8 Å². The van der Waals surface area contributed by atoms with Crippen molar-refractivity contribution >= 4 is 11.6 Å². The van der Waals surface area contributed by atoms with Gasteiger partial charge in [-0.05, 0) is 68.4 Å². The predicted molar refractivity (Wildman–Crippen MR) is 109 cm³/mol. The largest absolute Gasteiger partial charge is 0.374 e. The number of carbonyl (C=O) groups excluding carboxylic acids is 1. The third-order valence-corrected chi connectivity index (χ3v) is 5.02. The molecule has 2 aromatic heterocycles. The Morgan fingerprint density at radius 1 is 1.15 bits per heavy atom. The highest BCUT2D eigenvalue weighted by atomic mass is 16.1. The average Bonchev–Trinajstić information content (AvgIpc) is 2.73. The molecular weight excluding hydrogens is 336 g/mol. The number of aromatic nitrogens is 2. The lowest BCUT2D eigenvalue weighted by Gasteiger charge is -2.19. The van der Waals surface area contributed by atoms with E-state index in [9.17, 15) is 4.79 Å². The van der Waals surface area contributed by atoms with Gasteiger partial charge in [-0.2, -0.15) is 0 Å². The molecule has 0 saturated carbocycles. The first-order valence-electron chi connectivity index (χ1n) is 9.74. The maximum Gasteiger partial charge on any atom is 0.269 e. The van der Waals surface area contributed by atoms with Gasteiger partial charge in [-0.25, -0.2) is 0 Å². The summed E-state index contributed by atoms with van der Waals surface area (Å²) in [5.41, 5.74) is 4.19. The van der Waals surface area contributed by atoms with Crippen molar-refractivity contribution in [3.63, 3.8) is 0 Å². The van der Waals surface area contributed by atoms with E-state index in [2.05, 4.69) is 26.3 Å². The molecule has 0 unspecified atom stereocenters. The normalized spacial score (nSPS) is 13.7. The second-order valence-corrected chi connectivity index (χ2v) is 7.04. The van der Waals surface area contributed by atoms with Gasteiger partial charge in [0.1, 0.15) is 5.69 Å². The van der Waals surface area contributed by atoms with Crippen LogP contribution in [0, 0.1) is 0 Å². The number of rotatable bonds is 8. The molecular formula is C22H28N4O. The molecule has 5 nitrogen and oxygen atoms in total. The molecule has 2 aromatic rings. The van der Waals surface area contributed by atoms with Crippen molar-refractivity contribution in [2.24, 2.45) is 0 Å². The number of anilines is 1. The van der Waals surface area contributed by atoms with Crippen LogP contribution in [-0.4, -0.2) is 36.0 Å². The van der Waals surface area contributed by atoms with Crippen molar-refractivity contribution in [3.8, 4) is 0 Å². The second kappa shape index (κ2) is 9.86. The first kappa shape index (κ1) is 19.1. The number of hydrogen-bond donors (Lipinski definition) is 1. The quantitative estimate of drug-likeness (QED) is 0.724. The highest BCUT2D eigenvalue weighted by Gasteiger charge is 2.10. The minimum Gasteiger partial charge on any atom is -0.374 e.